The lowest BCUT2D eigenvalue weighted by atomic mass is 10.0. The number of benzene rings is 1. The van der Waals surface area contributed by atoms with Gasteiger partial charge in [-0.25, -0.2) is 4.79 Å². The Labute approximate surface area is 82.1 Å². The minimum atomic E-state index is -0.289. The molecule has 3 nitrogen and oxygen atoms in total. The largest absolute Gasteiger partial charge is 0.449 e. The molecule has 1 aromatic carbocycles. The van der Waals surface area contributed by atoms with Crippen LogP contribution in [0.3, 0.4) is 0 Å². The maximum atomic E-state index is 11.1. The molecule has 0 bridgehead atoms. The Morgan fingerprint density at radius 2 is 2.14 bits per heavy atom. The molecule has 2 unspecified atom stereocenters. The molecular formula is C11H11NO2. The number of hydrogen-bond acceptors (Lipinski definition) is 2. The van der Waals surface area contributed by atoms with Crippen LogP contribution in [0.1, 0.15) is 12.0 Å². The van der Waals surface area contributed by atoms with E-state index in [1.165, 1.54) is 5.56 Å². The molecule has 2 fully saturated rings. The summed E-state index contributed by atoms with van der Waals surface area (Å²) in [4.78, 5) is 11.1. The van der Waals surface area contributed by atoms with Gasteiger partial charge in [-0.2, -0.15) is 0 Å². The van der Waals surface area contributed by atoms with E-state index >= 15 is 0 Å². The first kappa shape index (κ1) is 7.85. The monoisotopic (exact) mass is 189 g/mol. The van der Waals surface area contributed by atoms with Crippen LogP contribution in [-0.2, 0) is 10.3 Å². The van der Waals surface area contributed by atoms with Gasteiger partial charge in [-0.15, -0.1) is 0 Å². The summed E-state index contributed by atoms with van der Waals surface area (Å²) < 4.78 is 4.93. The number of alkyl carbamates (subject to hydrolysis) is 1. The molecule has 1 saturated carbocycles. The molecule has 1 aliphatic heterocycles. The summed E-state index contributed by atoms with van der Waals surface area (Å²) in [5, 5.41) is 2.92. The lowest BCUT2D eigenvalue weighted by molar-refractivity contribution is 0.112. The molecule has 1 aromatic rings. The number of cyclic esters (lactones) is 1. The zero-order valence-electron chi connectivity index (χ0n) is 7.69. The van der Waals surface area contributed by atoms with Crippen LogP contribution in [0.5, 0.6) is 0 Å². The summed E-state index contributed by atoms with van der Waals surface area (Å²) in [6.07, 6.45) is 0.713. The number of rotatable bonds is 1. The Balaban J connectivity index is 1.96. The van der Waals surface area contributed by atoms with Crippen LogP contribution in [-0.4, -0.2) is 12.7 Å². The molecular weight excluding hydrogens is 178 g/mol. The zero-order chi connectivity index (χ0) is 9.60. The summed E-state index contributed by atoms with van der Waals surface area (Å²) in [5.41, 5.74) is 1.08. The molecule has 72 valence electrons. The Morgan fingerprint density at radius 1 is 1.36 bits per heavy atom. The van der Waals surface area contributed by atoms with Gasteiger partial charge in [0.1, 0.15) is 0 Å². The van der Waals surface area contributed by atoms with Gasteiger partial charge in [0.2, 0.25) is 0 Å². The van der Waals surface area contributed by atoms with Gasteiger partial charge in [0.05, 0.1) is 12.1 Å². The number of carbonyl (C=O) groups is 1. The molecule has 1 saturated heterocycles. The third-order valence-corrected chi connectivity index (χ3v) is 3.13. The fourth-order valence-electron chi connectivity index (χ4n) is 2.24. The number of hydrogen-bond donors (Lipinski definition) is 1. The highest BCUT2D eigenvalue weighted by Crippen LogP contribution is 2.53. The predicted molar refractivity (Wildman–Crippen MR) is 50.7 cm³/mol. The van der Waals surface area contributed by atoms with E-state index in [0.29, 0.717) is 12.5 Å². The lowest BCUT2D eigenvalue weighted by Crippen LogP contribution is -2.41. The maximum Gasteiger partial charge on any atom is 0.407 e. The van der Waals surface area contributed by atoms with Crippen molar-refractivity contribution in [3.63, 3.8) is 0 Å². The van der Waals surface area contributed by atoms with Crippen LogP contribution < -0.4 is 5.32 Å². The Bertz CT molecular complexity index is 376. The van der Waals surface area contributed by atoms with Gasteiger partial charge in [0, 0.05) is 5.92 Å². The zero-order valence-corrected chi connectivity index (χ0v) is 7.69. The van der Waals surface area contributed by atoms with E-state index in [1.54, 1.807) is 0 Å². The summed E-state index contributed by atoms with van der Waals surface area (Å²) in [6.45, 7) is 0.556. The number of fused-ring (bicyclic) bond motifs is 1. The smallest absolute Gasteiger partial charge is 0.407 e. The van der Waals surface area contributed by atoms with Crippen molar-refractivity contribution in [3.8, 4) is 0 Å². The van der Waals surface area contributed by atoms with Crippen molar-refractivity contribution in [1.29, 1.82) is 0 Å². The topological polar surface area (TPSA) is 38.3 Å². The molecule has 0 aromatic heterocycles. The molecule has 1 N–H and O–H groups in total. The van der Waals surface area contributed by atoms with Gasteiger partial charge >= 0.3 is 6.09 Å². The van der Waals surface area contributed by atoms with Crippen LogP contribution >= 0.6 is 0 Å². The highest BCUT2D eigenvalue weighted by atomic mass is 16.6. The Kier molecular flexibility index (Phi) is 1.40. The summed E-state index contributed by atoms with van der Waals surface area (Å²) in [6, 6.07) is 10.1. The van der Waals surface area contributed by atoms with Crippen molar-refractivity contribution in [2.75, 3.05) is 6.61 Å². The highest BCUT2D eigenvalue weighted by molar-refractivity contribution is 5.71. The van der Waals surface area contributed by atoms with Crippen molar-refractivity contribution in [3.05, 3.63) is 35.9 Å². The second kappa shape index (κ2) is 2.50. The second-order valence-corrected chi connectivity index (χ2v) is 3.96. The van der Waals surface area contributed by atoms with Crippen molar-refractivity contribution >= 4 is 6.09 Å². The molecule has 1 amide bonds. The first-order valence-electron chi connectivity index (χ1n) is 4.82. The van der Waals surface area contributed by atoms with Gasteiger partial charge in [-0.05, 0) is 12.0 Å². The molecule has 14 heavy (non-hydrogen) atoms. The summed E-state index contributed by atoms with van der Waals surface area (Å²) in [5.74, 6) is 0.461. The second-order valence-electron chi connectivity index (χ2n) is 3.96. The van der Waals surface area contributed by atoms with E-state index in [0.717, 1.165) is 6.42 Å². The summed E-state index contributed by atoms with van der Waals surface area (Å²) >= 11 is 0. The molecule has 3 heteroatoms. The van der Waals surface area contributed by atoms with Crippen molar-refractivity contribution in [1.82, 2.24) is 5.32 Å². The van der Waals surface area contributed by atoms with Gasteiger partial charge in [0.15, 0.2) is 0 Å². The van der Waals surface area contributed by atoms with Crippen LogP contribution in [0.4, 0.5) is 4.79 Å². The van der Waals surface area contributed by atoms with Gasteiger partial charge < -0.3 is 10.1 Å². The average molecular weight is 189 g/mol. The average Bonchev–Trinajstić information content (AvgIpc) is 2.94. The van der Waals surface area contributed by atoms with E-state index in [9.17, 15) is 4.79 Å². The normalized spacial score (nSPS) is 34.0. The minimum Gasteiger partial charge on any atom is -0.449 e. The SMILES string of the molecule is O=C1NC2(c3ccccc3)CC2CO1. The lowest BCUT2D eigenvalue weighted by Gasteiger charge is -2.23. The fraction of sp³-hybridized carbons (Fsp3) is 0.364. The Hall–Kier alpha value is -1.51. The number of nitrogens with one attached hydrogen (secondary N) is 1. The number of carbonyl (C=O) groups excluding carboxylic acids is 1. The predicted octanol–water partition coefficient (Wildman–Crippen LogP) is 1.64. The van der Waals surface area contributed by atoms with Crippen molar-refractivity contribution < 1.29 is 9.53 Å². The van der Waals surface area contributed by atoms with Gasteiger partial charge in [-0.3, -0.25) is 0 Å². The molecule has 3 rings (SSSR count). The van der Waals surface area contributed by atoms with Gasteiger partial charge in [-0.1, -0.05) is 30.3 Å². The van der Waals surface area contributed by atoms with E-state index in [2.05, 4.69) is 17.4 Å². The van der Waals surface area contributed by atoms with Crippen LogP contribution in [0.2, 0.25) is 0 Å². The molecule has 1 heterocycles. The summed E-state index contributed by atoms with van der Waals surface area (Å²) in [7, 11) is 0. The highest BCUT2D eigenvalue weighted by Gasteiger charge is 2.59. The molecule has 2 aliphatic rings. The first-order chi connectivity index (χ1) is 6.81. The van der Waals surface area contributed by atoms with E-state index < -0.39 is 0 Å². The van der Waals surface area contributed by atoms with E-state index in [4.69, 9.17) is 4.74 Å². The van der Waals surface area contributed by atoms with Gasteiger partial charge in [0.25, 0.3) is 0 Å². The molecule has 0 radical (unpaired) electrons. The third-order valence-electron chi connectivity index (χ3n) is 3.13. The molecule has 2 atom stereocenters. The van der Waals surface area contributed by atoms with E-state index in [-0.39, 0.29) is 11.6 Å². The van der Waals surface area contributed by atoms with Crippen LogP contribution in [0.25, 0.3) is 0 Å². The fourth-order valence-corrected chi connectivity index (χ4v) is 2.24. The third kappa shape index (κ3) is 0.953. The van der Waals surface area contributed by atoms with E-state index in [1.807, 2.05) is 18.2 Å². The quantitative estimate of drug-likeness (QED) is 0.729. The molecule has 0 spiro atoms. The van der Waals surface area contributed by atoms with Crippen LogP contribution in [0, 0.1) is 5.92 Å². The van der Waals surface area contributed by atoms with Crippen molar-refractivity contribution in [2.45, 2.75) is 12.0 Å². The Morgan fingerprint density at radius 3 is 2.93 bits per heavy atom. The number of ether oxygens (including phenoxy) is 1. The maximum absolute atomic E-state index is 11.1. The van der Waals surface area contributed by atoms with Crippen LogP contribution in [0.15, 0.2) is 30.3 Å². The molecule has 1 aliphatic carbocycles. The van der Waals surface area contributed by atoms with Crippen molar-refractivity contribution in [2.24, 2.45) is 5.92 Å². The first-order valence-corrected chi connectivity index (χ1v) is 4.82. The standard InChI is InChI=1S/C11H11NO2/c13-10-12-11(6-9(11)7-14-10)8-4-2-1-3-5-8/h1-5,9H,6-7H2,(H,12,13). The minimum absolute atomic E-state index is 0.114. The number of amides is 1.